The first kappa shape index (κ1) is 14.5. The molecule has 8 heteroatoms. The molecule has 0 saturated carbocycles. The maximum Gasteiger partial charge on any atom is 0.228 e. The fraction of sp³-hybridized carbons (Fsp3) is 0.364. The number of hydrogen-bond donors (Lipinski definition) is 2. The number of halogens is 2. The summed E-state index contributed by atoms with van der Waals surface area (Å²) in [4.78, 5) is 12.0. The predicted octanol–water partition coefficient (Wildman–Crippen LogP) is 3.64. The average Bonchev–Trinajstić information content (AvgIpc) is 2.82. The van der Waals surface area contributed by atoms with Crippen molar-refractivity contribution < 1.29 is 4.79 Å². The molecule has 3 N–H and O–H groups in total. The van der Waals surface area contributed by atoms with Crippen molar-refractivity contribution >= 4 is 57.5 Å². The zero-order chi connectivity index (χ0) is 14.2. The van der Waals surface area contributed by atoms with Crippen LogP contribution >= 0.6 is 23.2 Å². The minimum atomic E-state index is -0.339. The van der Waals surface area contributed by atoms with Gasteiger partial charge in [-0.05, 0) is 13.0 Å². The summed E-state index contributed by atoms with van der Waals surface area (Å²) in [5, 5.41) is 3.48. The Balaban J connectivity index is 2.35. The molecule has 5 nitrogen and oxygen atoms in total. The monoisotopic (exact) mass is 318 g/mol. The average molecular weight is 319 g/mol. The second-order valence-electron chi connectivity index (χ2n) is 4.31. The van der Waals surface area contributed by atoms with E-state index in [2.05, 4.69) is 14.0 Å². The molecule has 0 radical (unpaired) electrons. The fourth-order valence-corrected chi connectivity index (χ4v) is 2.63. The van der Waals surface area contributed by atoms with Gasteiger partial charge in [0.2, 0.25) is 5.91 Å². The van der Waals surface area contributed by atoms with Crippen LogP contribution in [0, 0.1) is 5.92 Å². The van der Waals surface area contributed by atoms with Gasteiger partial charge in [0.1, 0.15) is 11.4 Å². The SMILES string of the molecule is CC(N)C(C)C(=O)Nc1c(Cl)cc(Cl)c2c1N=S=N2. The highest BCUT2D eigenvalue weighted by atomic mass is 35.5. The van der Waals surface area contributed by atoms with Crippen LogP contribution in [0.15, 0.2) is 14.8 Å². The molecule has 0 aliphatic carbocycles. The lowest BCUT2D eigenvalue weighted by atomic mass is 10.0. The Labute approximate surface area is 124 Å². The Hall–Kier alpha value is -0.950. The maximum absolute atomic E-state index is 12.0. The molecule has 0 aromatic heterocycles. The number of nitrogens with two attached hydrogens (primary N) is 1. The highest BCUT2D eigenvalue weighted by molar-refractivity contribution is 7.58. The predicted molar refractivity (Wildman–Crippen MR) is 79.4 cm³/mol. The van der Waals surface area contributed by atoms with Crippen LogP contribution in [0.5, 0.6) is 0 Å². The summed E-state index contributed by atoms with van der Waals surface area (Å²) >= 11 is 13.1. The second-order valence-corrected chi connectivity index (χ2v) is 5.66. The normalized spacial score (nSPS) is 15.6. The van der Waals surface area contributed by atoms with Gasteiger partial charge in [-0.25, -0.2) is 0 Å². The van der Waals surface area contributed by atoms with E-state index in [4.69, 9.17) is 28.9 Å². The summed E-state index contributed by atoms with van der Waals surface area (Å²) in [6.07, 6.45) is 0. The Morgan fingerprint density at radius 1 is 1.32 bits per heavy atom. The van der Waals surface area contributed by atoms with Crippen molar-refractivity contribution in [2.45, 2.75) is 19.9 Å². The first-order chi connectivity index (χ1) is 8.91. The molecule has 0 spiro atoms. The standard InChI is InChI=1S/C11H12Cl2N4OS/c1-4(5(2)14)11(18)15-8-6(12)3-7(13)9-10(8)17-19-16-9/h3-5H,14H2,1-2H3,(H,15,18). The summed E-state index contributed by atoms with van der Waals surface area (Å²) in [6.45, 7) is 3.52. The molecular weight excluding hydrogens is 307 g/mol. The van der Waals surface area contributed by atoms with Crippen LogP contribution in [0.3, 0.4) is 0 Å². The molecular formula is C11H12Cl2N4OS. The molecule has 102 valence electrons. The minimum Gasteiger partial charge on any atom is -0.327 e. The van der Waals surface area contributed by atoms with Gasteiger partial charge < -0.3 is 11.1 Å². The third-order valence-corrected chi connectivity index (χ3v) is 4.01. The first-order valence-electron chi connectivity index (χ1n) is 5.58. The van der Waals surface area contributed by atoms with Crippen molar-refractivity contribution in [3.8, 4) is 0 Å². The van der Waals surface area contributed by atoms with Crippen LogP contribution in [0.2, 0.25) is 10.0 Å². The number of carbonyl (C=O) groups excluding carboxylic acids is 1. The molecule has 0 bridgehead atoms. The van der Waals surface area contributed by atoms with E-state index in [0.29, 0.717) is 27.1 Å². The molecule has 1 amide bonds. The van der Waals surface area contributed by atoms with Gasteiger partial charge in [0.15, 0.2) is 0 Å². The number of anilines is 1. The summed E-state index contributed by atoms with van der Waals surface area (Å²) in [7, 11) is 0. The quantitative estimate of drug-likeness (QED) is 0.905. The van der Waals surface area contributed by atoms with Gasteiger partial charge in [0.25, 0.3) is 0 Å². The van der Waals surface area contributed by atoms with E-state index in [0.717, 1.165) is 11.4 Å². The molecule has 2 unspecified atom stereocenters. The highest BCUT2D eigenvalue weighted by Gasteiger charge is 2.23. The third kappa shape index (κ3) is 2.81. The van der Waals surface area contributed by atoms with Gasteiger partial charge in [-0.1, -0.05) is 30.1 Å². The third-order valence-electron chi connectivity index (χ3n) is 2.89. The van der Waals surface area contributed by atoms with E-state index in [1.807, 2.05) is 0 Å². The summed E-state index contributed by atoms with van der Waals surface area (Å²) in [5.74, 6) is -0.554. The Bertz CT molecular complexity index is 611. The van der Waals surface area contributed by atoms with E-state index in [-0.39, 0.29) is 17.9 Å². The molecule has 19 heavy (non-hydrogen) atoms. The highest BCUT2D eigenvalue weighted by Crippen LogP contribution is 2.47. The van der Waals surface area contributed by atoms with E-state index < -0.39 is 0 Å². The van der Waals surface area contributed by atoms with Crippen LogP contribution in [0.1, 0.15) is 13.8 Å². The van der Waals surface area contributed by atoms with Crippen LogP contribution in [0.4, 0.5) is 17.1 Å². The van der Waals surface area contributed by atoms with Crippen molar-refractivity contribution in [1.29, 1.82) is 0 Å². The molecule has 1 heterocycles. The number of benzene rings is 1. The van der Waals surface area contributed by atoms with E-state index in [9.17, 15) is 4.79 Å². The van der Waals surface area contributed by atoms with E-state index in [1.54, 1.807) is 19.9 Å². The molecule has 2 rings (SSSR count). The molecule has 1 aliphatic heterocycles. The summed E-state index contributed by atoms with van der Waals surface area (Å²) in [6, 6.07) is 1.29. The lowest BCUT2D eigenvalue weighted by molar-refractivity contribution is -0.119. The van der Waals surface area contributed by atoms with E-state index in [1.165, 1.54) is 0 Å². The van der Waals surface area contributed by atoms with Crippen LogP contribution < -0.4 is 11.1 Å². The van der Waals surface area contributed by atoms with Gasteiger partial charge in [0, 0.05) is 6.04 Å². The van der Waals surface area contributed by atoms with Crippen molar-refractivity contribution in [2.24, 2.45) is 20.4 Å². The van der Waals surface area contributed by atoms with Crippen molar-refractivity contribution in [2.75, 3.05) is 5.32 Å². The number of fused-ring (bicyclic) bond motifs is 1. The van der Waals surface area contributed by atoms with Crippen LogP contribution in [-0.4, -0.2) is 11.9 Å². The number of nitrogens with one attached hydrogen (secondary N) is 1. The molecule has 0 saturated heterocycles. The number of nitrogens with zero attached hydrogens (tertiary/aromatic N) is 2. The number of amides is 1. The molecule has 1 aromatic carbocycles. The summed E-state index contributed by atoms with van der Waals surface area (Å²) in [5.41, 5.74) is 7.15. The molecule has 2 atom stereocenters. The Morgan fingerprint density at radius 2 is 1.95 bits per heavy atom. The van der Waals surface area contributed by atoms with Gasteiger partial charge in [-0.2, -0.15) is 8.73 Å². The molecule has 1 aliphatic rings. The zero-order valence-electron chi connectivity index (χ0n) is 10.3. The van der Waals surface area contributed by atoms with Crippen molar-refractivity contribution in [3.63, 3.8) is 0 Å². The zero-order valence-corrected chi connectivity index (χ0v) is 12.6. The van der Waals surface area contributed by atoms with Crippen molar-refractivity contribution in [1.82, 2.24) is 0 Å². The lowest BCUT2D eigenvalue weighted by Gasteiger charge is -2.17. The van der Waals surface area contributed by atoms with Crippen molar-refractivity contribution in [3.05, 3.63) is 16.1 Å². The Kier molecular flexibility index (Phi) is 4.25. The van der Waals surface area contributed by atoms with Crippen LogP contribution in [-0.2, 0) is 16.1 Å². The van der Waals surface area contributed by atoms with Gasteiger partial charge >= 0.3 is 0 Å². The largest absolute Gasteiger partial charge is 0.327 e. The fourth-order valence-electron chi connectivity index (χ4n) is 1.47. The topological polar surface area (TPSA) is 79.8 Å². The number of carbonyl (C=O) groups is 1. The van der Waals surface area contributed by atoms with Gasteiger partial charge in [-0.3, -0.25) is 4.79 Å². The van der Waals surface area contributed by atoms with Gasteiger partial charge in [0.05, 0.1) is 33.0 Å². The van der Waals surface area contributed by atoms with Crippen LogP contribution in [0.25, 0.3) is 0 Å². The molecule has 0 fully saturated rings. The first-order valence-corrected chi connectivity index (χ1v) is 7.07. The van der Waals surface area contributed by atoms with E-state index >= 15 is 0 Å². The number of rotatable bonds is 3. The van der Waals surface area contributed by atoms with Gasteiger partial charge in [-0.15, -0.1) is 0 Å². The maximum atomic E-state index is 12.0. The summed E-state index contributed by atoms with van der Waals surface area (Å²) < 4.78 is 8.18. The Morgan fingerprint density at radius 3 is 2.58 bits per heavy atom. The lowest BCUT2D eigenvalue weighted by Crippen LogP contribution is -2.34. The smallest absolute Gasteiger partial charge is 0.228 e. The second kappa shape index (κ2) is 5.58. The number of hydrogen-bond acceptors (Lipinski definition) is 4. The minimum absolute atomic E-state index is 0.214. The molecule has 1 aromatic rings.